The van der Waals surface area contributed by atoms with Gasteiger partial charge in [0.15, 0.2) is 0 Å². The first kappa shape index (κ1) is 23.4. The summed E-state index contributed by atoms with van der Waals surface area (Å²) in [6, 6.07) is 7.48. The number of nitrogens with zero attached hydrogens (tertiary/aromatic N) is 1. The molecule has 1 aliphatic carbocycles. The largest absolute Gasteiger partial charge is 0.399 e. The molecular weight excluding hydrogens is 382 g/mol. The molecule has 4 nitrogen and oxygen atoms in total. The summed E-state index contributed by atoms with van der Waals surface area (Å²) in [5.41, 5.74) is 9.39. The highest BCUT2D eigenvalue weighted by Crippen LogP contribution is 2.45. The summed E-state index contributed by atoms with van der Waals surface area (Å²) in [7, 11) is 0. The van der Waals surface area contributed by atoms with E-state index >= 15 is 0 Å². The van der Waals surface area contributed by atoms with Crippen LogP contribution < -0.4 is 11.1 Å². The molecule has 1 saturated heterocycles. The molecule has 2 fully saturated rings. The van der Waals surface area contributed by atoms with Gasteiger partial charge >= 0.3 is 0 Å². The number of hydrogen-bond acceptors (Lipinski definition) is 3. The molecule has 1 amide bonds. The standard InChI is InChI=1S/C27H41N3O/c1-7-9-21-16-18(2)17-23(21)24-10-8-15-30(24)19(3)25(27(4,5)6)29-26(31)20-11-13-22(28)14-12-20/h11-14,21,23-25H,2-3,7-10,15-17,28H2,1,4-6H3,(H,29,31). The third kappa shape index (κ3) is 5.34. The van der Waals surface area contributed by atoms with Gasteiger partial charge in [-0.1, -0.05) is 59.3 Å². The van der Waals surface area contributed by atoms with Gasteiger partial charge < -0.3 is 16.0 Å². The van der Waals surface area contributed by atoms with Gasteiger partial charge in [0.1, 0.15) is 0 Å². The highest BCUT2D eigenvalue weighted by atomic mass is 16.1. The number of anilines is 1. The van der Waals surface area contributed by atoms with E-state index in [-0.39, 0.29) is 17.4 Å². The molecule has 4 atom stereocenters. The molecule has 1 heterocycles. The molecule has 3 rings (SSSR count). The van der Waals surface area contributed by atoms with Crippen molar-refractivity contribution in [2.24, 2.45) is 17.3 Å². The lowest BCUT2D eigenvalue weighted by molar-refractivity contribution is 0.0890. The van der Waals surface area contributed by atoms with Crippen molar-refractivity contribution in [3.8, 4) is 0 Å². The number of allylic oxidation sites excluding steroid dienone is 1. The van der Waals surface area contributed by atoms with Gasteiger partial charge in [0.05, 0.1) is 6.04 Å². The van der Waals surface area contributed by atoms with Crippen molar-refractivity contribution in [3.63, 3.8) is 0 Å². The van der Waals surface area contributed by atoms with Crippen LogP contribution in [0.25, 0.3) is 0 Å². The average Bonchev–Trinajstić information content (AvgIpc) is 3.31. The summed E-state index contributed by atoms with van der Waals surface area (Å²) in [6.07, 6.45) is 7.21. The van der Waals surface area contributed by atoms with Crippen LogP contribution in [0.3, 0.4) is 0 Å². The first-order valence-corrected chi connectivity index (χ1v) is 11.9. The molecule has 0 aromatic heterocycles. The number of amides is 1. The van der Waals surface area contributed by atoms with Crippen molar-refractivity contribution in [2.45, 2.75) is 78.3 Å². The van der Waals surface area contributed by atoms with Crippen LogP contribution in [0, 0.1) is 17.3 Å². The minimum atomic E-state index is -0.143. The maximum absolute atomic E-state index is 13.0. The van der Waals surface area contributed by atoms with Crippen LogP contribution in [0.15, 0.2) is 48.7 Å². The molecule has 1 aromatic rings. The third-order valence-corrected chi connectivity index (χ3v) is 7.15. The first-order valence-electron chi connectivity index (χ1n) is 11.9. The van der Waals surface area contributed by atoms with Gasteiger partial charge in [0.2, 0.25) is 0 Å². The Morgan fingerprint density at radius 1 is 1.26 bits per heavy atom. The number of hydrogen-bond donors (Lipinski definition) is 2. The Labute approximate surface area is 189 Å². The van der Waals surface area contributed by atoms with Gasteiger partial charge in [-0.25, -0.2) is 0 Å². The molecule has 3 N–H and O–H groups in total. The predicted octanol–water partition coefficient (Wildman–Crippen LogP) is 5.77. The lowest BCUT2D eigenvalue weighted by Crippen LogP contribution is -2.50. The molecule has 170 valence electrons. The lowest BCUT2D eigenvalue weighted by atomic mass is 9.82. The van der Waals surface area contributed by atoms with E-state index in [4.69, 9.17) is 5.73 Å². The SMILES string of the molecule is C=C1CC(CCC)C(C2CCCN2C(=C)C(NC(=O)c2ccc(N)cc2)C(C)(C)C)C1. The highest BCUT2D eigenvalue weighted by molar-refractivity contribution is 5.94. The van der Waals surface area contributed by atoms with Crippen LogP contribution >= 0.6 is 0 Å². The van der Waals surface area contributed by atoms with Crippen molar-refractivity contribution >= 4 is 11.6 Å². The summed E-state index contributed by atoms with van der Waals surface area (Å²) in [4.78, 5) is 15.5. The Balaban J connectivity index is 1.79. The lowest BCUT2D eigenvalue weighted by Gasteiger charge is -2.42. The molecule has 4 heteroatoms. The van der Waals surface area contributed by atoms with E-state index in [9.17, 15) is 4.79 Å². The molecule has 0 spiro atoms. The van der Waals surface area contributed by atoms with Crippen molar-refractivity contribution in [1.29, 1.82) is 0 Å². The molecule has 2 aliphatic rings. The molecule has 0 bridgehead atoms. The fraction of sp³-hybridized carbons (Fsp3) is 0.593. The molecule has 0 radical (unpaired) electrons. The number of carbonyl (C=O) groups is 1. The van der Waals surface area contributed by atoms with Gasteiger partial charge in [-0.3, -0.25) is 4.79 Å². The fourth-order valence-corrected chi connectivity index (χ4v) is 5.65. The fourth-order valence-electron chi connectivity index (χ4n) is 5.65. The van der Waals surface area contributed by atoms with Crippen molar-refractivity contribution in [2.75, 3.05) is 12.3 Å². The van der Waals surface area contributed by atoms with Crippen molar-refractivity contribution in [3.05, 3.63) is 54.3 Å². The Kier molecular flexibility index (Phi) is 7.18. The van der Waals surface area contributed by atoms with Crippen LogP contribution in [0.2, 0.25) is 0 Å². The molecule has 1 saturated carbocycles. The smallest absolute Gasteiger partial charge is 0.251 e. The quantitative estimate of drug-likeness (QED) is 0.432. The topological polar surface area (TPSA) is 58.4 Å². The van der Waals surface area contributed by atoms with Crippen LogP contribution in [-0.2, 0) is 0 Å². The Morgan fingerprint density at radius 2 is 1.94 bits per heavy atom. The van der Waals surface area contributed by atoms with Gasteiger partial charge in [-0.2, -0.15) is 0 Å². The zero-order valence-electron chi connectivity index (χ0n) is 19.9. The summed E-state index contributed by atoms with van der Waals surface area (Å²) in [5.74, 6) is 1.31. The Hall–Kier alpha value is -2.23. The second-order valence-corrected chi connectivity index (χ2v) is 10.7. The van der Waals surface area contributed by atoms with Crippen LogP contribution in [-0.4, -0.2) is 29.4 Å². The number of benzene rings is 1. The number of nitrogen functional groups attached to an aromatic ring is 1. The van der Waals surface area contributed by atoms with Gasteiger partial charge in [0.25, 0.3) is 5.91 Å². The second kappa shape index (κ2) is 9.50. The third-order valence-electron chi connectivity index (χ3n) is 7.15. The normalized spacial score (nSPS) is 25.0. The zero-order chi connectivity index (χ0) is 22.8. The van der Waals surface area contributed by atoms with E-state index in [0.717, 1.165) is 24.6 Å². The monoisotopic (exact) mass is 423 g/mol. The summed E-state index contributed by atoms with van der Waals surface area (Å²) in [5, 5.41) is 3.29. The molecule has 31 heavy (non-hydrogen) atoms. The summed E-state index contributed by atoms with van der Waals surface area (Å²) >= 11 is 0. The van der Waals surface area contributed by atoms with E-state index in [2.05, 4.69) is 51.1 Å². The molecule has 1 aliphatic heterocycles. The van der Waals surface area contributed by atoms with Gasteiger partial charge in [0, 0.05) is 29.5 Å². The van der Waals surface area contributed by atoms with Crippen LogP contribution in [0.1, 0.15) is 76.6 Å². The van der Waals surface area contributed by atoms with E-state index in [1.165, 1.54) is 37.7 Å². The summed E-state index contributed by atoms with van der Waals surface area (Å²) < 4.78 is 0. The van der Waals surface area contributed by atoms with Crippen molar-refractivity contribution in [1.82, 2.24) is 10.2 Å². The van der Waals surface area contributed by atoms with Crippen molar-refractivity contribution < 1.29 is 4.79 Å². The minimum absolute atomic E-state index is 0.0741. The number of carbonyl (C=O) groups excluding carboxylic acids is 1. The van der Waals surface area contributed by atoms with E-state index < -0.39 is 0 Å². The number of nitrogens with two attached hydrogens (primary N) is 1. The molecule has 1 aromatic carbocycles. The maximum atomic E-state index is 13.0. The van der Waals surface area contributed by atoms with E-state index in [1.54, 1.807) is 24.3 Å². The van der Waals surface area contributed by atoms with E-state index in [1.807, 2.05) is 0 Å². The predicted molar refractivity (Wildman–Crippen MR) is 131 cm³/mol. The van der Waals surface area contributed by atoms with Gasteiger partial charge in [-0.15, -0.1) is 0 Å². The van der Waals surface area contributed by atoms with Crippen LogP contribution in [0.5, 0.6) is 0 Å². The second-order valence-electron chi connectivity index (χ2n) is 10.7. The number of nitrogens with one attached hydrogen (secondary N) is 1. The molecule has 4 unspecified atom stereocenters. The minimum Gasteiger partial charge on any atom is -0.399 e. The first-order chi connectivity index (χ1) is 14.6. The number of likely N-dealkylation sites (tertiary alicyclic amines) is 1. The van der Waals surface area contributed by atoms with E-state index in [0.29, 0.717) is 23.2 Å². The van der Waals surface area contributed by atoms with Gasteiger partial charge in [-0.05, 0) is 67.2 Å². The highest BCUT2D eigenvalue weighted by Gasteiger charge is 2.42. The zero-order valence-corrected chi connectivity index (χ0v) is 19.9. The molecular formula is C27H41N3O. The number of rotatable bonds is 7. The maximum Gasteiger partial charge on any atom is 0.251 e. The average molecular weight is 424 g/mol. The van der Waals surface area contributed by atoms with Crippen LogP contribution in [0.4, 0.5) is 5.69 Å². The Bertz CT molecular complexity index is 805. The Morgan fingerprint density at radius 3 is 2.55 bits per heavy atom. The summed E-state index contributed by atoms with van der Waals surface area (Å²) in [6.45, 7) is 18.7.